The van der Waals surface area contributed by atoms with Gasteiger partial charge < -0.3 is 9.84 Å². The molecule has 0 bridgehead atoms. The van der Waals surface area contributed by atoms with Gasteiger partial charge in [-0.25, -0.2) is 9.67 Å². The van der Waals surface area contributed by atoms with E-state index in [1.807, 2.05) is 31.2 Å². The molecule has 2 aromatic heterocycles. The molecule has 0 saturated heterocycles. The summed E-state index contributed by atoms with van der Waals surface area (Å²) in [6, 6.07) is 11.0. The van der Waals surface area contributed by atoms with Gasteiger partial charge in [0.05, 0.1) is 17.7 Å². The highest BCUT2D eigenvalue weighted by Gasteiger charge is 2.15. The number of aliphatic hydroxyl groups is 1. The molecule has 0 fully saturated rings. The molecule has 130 valence electrons. The molecule has 3 aromatic rings. The van der Waals surface area contributed by atoms with Gasteiger partial charge in [-0.15, -0.1) is 0 Å². The van der Waals surface area contributed by atoms with Gasteiger partial charge in [0, 0.05) is 18.0 Å². The van der Waals surface area contributed by atoms with Crippen LogP contribution in [0.2, 0.25) is 5.02 Å². The van der Waals surface area contributed by atoms with Gasteiger partial charge in [0.1, 0.15) is 12.4 Å². The minimum atomic E-state index is -0.486. The van der Waals surface area contributed by atoms with Crippen LogP contribution in [-0.2, 0) is 13.2 Å². The Hall–Kier alpha value is -2.44. The van der Waals surface area contributed by atoms with Gasteiger partial charge in [0.25, 0.3) is 0 Å². The number of pyridine rings is 1. The van der Waals surface area contributed by atoms with E-state index in [9.17, 15) is 5.11 Å². The van der Waals surface area contributed by atoms with Crippen LogP contribution >= 0.6 is 11.6 Å². The second-order valence-corrected chi connectivity index (χ2v) is 5.96. The number of hydrogen-bond donors (Lipinski definition) is 1. The largest absolute Gasteiger partial charge is 0.484 e. The van der Waals surface area contributed by atoms with Gasteiger partial charge in [-0.3, -0.25) is 4.98 Å². The topological polar surface area (TPSA) is 73.1 Å². The lowest BCUT2D eigenvalue weighted by Gasteiger charge is -2.09. The predicted octanol–water partition coefficient (Wildman–Crippen LogP) is 3.34. The first-order chi connectivity index (χ1) is 12.2. The molecule has 1 atom stereocenters. The van der Waals surface area contributed by atoms with Gasteiger partial charge in [-0.05, 0) is 30.7 Å². The molecule has 0 aliphatic heterocycles. The summed E-state index contributed by atoms with van der Waals surface area (Å²) in [7, 11) is 0. The molecule has 1 N–H and O–H groups in total. The minimum Gasteiger partial charge on any atom is -0.484 e. The molecule has 25 heavy (non-hydrogen) atoms. The third-order valence-electron chi connectivity index (χ3n) is 3.70. The number of hydrogen-bond acceptors (Lipinski definition) is 5. The predicted molar refractivity (Wildman–Crippen MR) is 95.3 cm³/mol. The van der Waals surface area contributed by atoms with Crippen LogP contribution < -0.4 is 4.74 Å². The molecule has 1 aromatic carbocycles. The zero-order valence-electron chi connectivity index (χ0n) is 13.8. The second-order valence-electron chi connectivity index (χ2n) is 5.55. The lowest BCUT2D eigenvalue weighted by atomic mass is 10.2. The van der Waals surface area contributed by atoms with Crippen LogP contribution in [-0.4, -0.2) is 31.0 Å². The maximum Gasteiger partial charge on any atom is 0.188 e. The summed E-state index contributed by atoms with van der Waals surface area (Å²) < 4.78 is 7.42. The van der Waals surface area contributed by atoms with E-state index in [4.69, 9.17) is 16.3 Å². The molecule has 0 saturated carbocycles. The fourth-order valence-corrected chi connectivity index (χ4v) is 2.52. The molecule has 3 rings (SSSR count). The summed E-state index contributed by atoms with van der Waals surface area (Å²) in [6.07, 6.45) is 3.55. The van der Waals surface area contributed by atoms with Crippen LogP contribution in [0.15, 0.2) is 48.8 Å². The highest BCUT2D eigenvalue weighted by molar-refractivity contribution is 6.32. The van der Waals surface area contributed by atoms with Crippen LogP contribution in [0.1, 0.15) is 19.2 Å². The number of ether oxygens (including phenoxy) is 1. The van der Waals surface area contributed by atoms with Crippen molar-refractivity contribution in [2.75, 3.05) is 0 Å². The summed E-state index contributed by atoms with van der Waals surface area (Å²) in [5.74, 6) is 1.78. The Morgan fingerprint density at radius 1 is 1.20 bits per heavy atom. The summed E-state index contributed by atoms with van der Waals surface area (Å²) in [4.78, 5) is 8.58. The second kappa shape index (κ2) is 8.09. The van der Waals surface area contributed by atoms with Gasteiger partial charge >= 0.3 is 0 Å². The van der Waals surface area contributed by atoms with Crippen LogP contribution in [0.5, 0.6) is 5.75 Å². The van der Waals surface area contributed by atoms with Gasteiger partial charge in [0.2, 0.25) is 0 Å². The maximum absolute atomic E-state index is 9.99. The highest BCUT2D eigenvalue weighted by Crippen LogP contribution is 2.24. The van der Waals surface area contributed by atoms with Crippen LogP contribution in [0.25, 0.3) is 11.4 Å². The van der Waals surface area contributed by atoms with Crippen molar-refractivity contribution in [3.8, 4) is 17.1 Å². The Labute approximate surface area is 151 Å². The molecule has 0 radical (unpaired) electrons. The molecule has 0 unspecified atom stereocenters. The van der Waals surface area contributed by atoms with Gasteiger partial charge in [0.15, 0.2) is 11.6 Å². The number of halogens is 1. The number of para-hydroxylation sites is 1. The third kappa shape index (κ3) is 4.35. The van der Waals surface area contributed by atoms with E-state index in [0.717, 1.165) is 5.56 Å². The highest BCUT2D eigenvalue weighted by atomic mass is 35.5. The van der Waals surface area contributed by atoms with E-state index in [0.29, 0.717) is 35.4 Å². The molecule has 0 aliphatic rings. The van der Waals surface area contributed by atoms with Gasteiger partial charge in [-0.1, -0.05) is 30.7 Å². The summed E-state index contributed by atoms with van der Waals surface area (Å²) in [5.41, 5.74) is 0.884. The molecular formula is C18H19ClN4O2. The van der Waals surface area contributed by atoms with Crippen molar-refractivity contribution >= 4 is 11.6 Å². The Kier molecular flexibility index (Phi) is 5.63. The maximum atomic E-state index is 9.99. The molecule has 7 heteroatoms. The minimum absolute atomic E-state index is 0.192. The van der Waals surface area contributed by atoms with Crippen molar-refractivity contribution in [3.63, 3.8) is 0 Å². The first-order valence-electron chi connectivity index (χ1n) is 8.07. The SMILES string of the molecule is CC[C@@H](O)Cn1nc(COc2ccccc2Cl)nc1-c1ccncc1. The van der Waals surface area contributed by atoms with Crippen molar-refractivity contribution in [2.45, 2.75) is 32.6 Å². The van der Waals surface area contributed by atoms with Crippen molar-refractivity contribution in [1.82, 2.24) is 19.7 Å². The summed E-state index contributed by atoms with van der Waals surface area (Å²) in [6.45, 7) is 2.49. The number of aliphatic hydroxyl groups excluding tert-OH is 1. The summed E-state index contributed by atoms with van der Waals surface area (Å²) in [5, 5.41) is 15.0. The smallest absolute Gasteiger partial charge is 0.188 e. The lowest BCUT2D eigenvalue weighted by molar-refractivity contribution is 0.145. The van der Waals surface area contributed by atoms with E-state index >= 15 is 0 Å². The molecule has 0 aliphatic carbocycles. The lowest BCUT2D eigenvalue weighted by Crippen LogP contribution is -2.17. The first kappa shape index (κ1) is 17.4. The van der Waals surface area contributed by atoms with Crippen molar-refractivity contribution in [1.29, 1.82) is 0 Å². The fraction of sp³-hybridized carbons (Fsp3) is 0.278. The Morgan fingerprint density at radius 3 is 2.68 bits per heavy atom. The molecule has 0 amide bonds. The van der Waals surface area contributed by atoms with E-state index < -0.39 is 6.10 Å². The monoisotopic (exact) mass is 358 g/mol. The molecular weight excluding hydrogens is 340 g/mol. The van der Waals surface area contributed by atoms with Crippen LogP contribution in [0.3, 0.4) is 0 Å². The molecule has 6 nitrogen and oxygen atoms in total. The quantitative estimate of drug-likeness (QED) is 0.701. The van der Waals surface area contributed by atoms with Crippen LogP contribution in [0, 0.1) is 0 Å². The summed E-state index contributed by atoms with van der Waals surface area (Å²) >= 11 is 6.10. The average Bonchev–Trinajstić information content (AvgIpc) is 3.04. The van der Waals surface area contributed by atoms with Gasteiger partial charge in [-0.2, -0.15) is 5.10 Å². The van der Waals surface area contributed by atoms with Crippen molar-refractivity contribution < 1.29 is 9.84 Å². The number of aromatic nitrogens is 4. The van der Waals surface area contributed by atoms with E-state index in [1.165, 1.54) is 0 Å². The Morgan fingerprint density at radius 2 is 1.96 bits per heavy atom. The number of nitrogens with zero attached hydrogens (tertiary/aromatic N) is 4. The number of benzene rings is 1. The third-order valence-corrected chi connectivity index (χ3v) is 4.01. The number of rotatable bonds is 7. The zero-order chi connectivity index (χ0) is 17.6. The molecule has 2 heterocycles. The fourth-order valence-electron chi connectivity index (χ4n) is 2.32. The Balaban J connectivity index is 1.84. The average molecular weight is 359 g/mol. The Bertz CT molecular complexity index is 823. The van der Waals surface area contributed by atoms with E-state index in [1.54, 1.807) is 29.2 Å². The standard InChI is InChI=1S/C18H19ClN4O2/c1-2-14(24)11-23-18(13-7-9-20-10-8-13)21-17(22-23)12-25-16-6-4-3-5-15(16)19/h3-10,14,24H,2,11-12H2,1H3/t14-/m1/s1. The van der Waals surface area contributed by atoms with Crippen molar-refractivity contribution in [2.24, 2.45) is 0 Å². The first-order valence-corrected chi connectivity index (χ1v) is 8.44. The van der Waals surface area contributed by atoms with Crippen LogP contribution in [0.4, 0.5) is 0 Å². The zero-order valence-corrected chi connectivity index (χ0v) is 14.6. The normalized spacial score (nSPS) is 12.1. The van der Waals surface area contributed by atoms with E-state index in [-0.39, 0.29) is 6.61 Å². The van der Waals surface area contributed by atoms with Crippen molar-refractivity contribution in [3.05, 3.63) is 59.6 Å². The van der Waals surface area contributed by atoms with E-state index in [2.05, 4.69) is 15.1 Å². The molecule has 0 spiro atoms.